The lowest BCUT2D eigenvalue weighted by Crippen LogP contribution is -2.24. The van der Waals surface area contributed by atoms with Gasteiger partial charge >= 0.3 is 0 Å². The first-order chi connectivity index (χ1) is 5.20. The molecule has 4 heteroatoms. The molecule has 3 nitrogen and oxygen atoms in total. The Balaban J connectivity index is 0.000000720. The highest BCUT2D eigenvalue weighted by Gasteiger charge is 2.43. The number of carbonyl (C=O) groups excluding carboxylic acids is 1. The molecule has 1 saturated heterocycles. The highest BCUT2D eigenvalue weighted by molar-refractivity contribution is 5.85. The number of halogens is 1. The number of hydrogen-bond acceptors (Lipinski definition) is 2. The molecule has 0 radical (unpaired) electrons. The van der Waals surface area contributed by atoms with Crippen molar-refractivity contribution in [3.05, 3.63) is 0 Å². The summed E-state index contributed by atoms with van der Waals surface area (Å²) in [4.78, 5) is 11.0. The van der Waals surface area contributed by atoms with Gasteiger partial charge in [-0.25, -0.2) is 0 Å². The van der Waals surface area contributed by atoms with Gasteiger partial charge in [0.05, 0.1) is 0 Å². The van der Waals surface area contributed by atoms with Gasteiger partial charge in [0.1, 0.15) is 0 Å². The summed E-state index contributed by atoms with van der Waals surface area (Å²) in [6, 6.07) is 0.336. The van der Waals surface area contributed by atoms with Gasteiger partial charge < -0.3 is 11.1 Å². The van der Waals surface area contributed by atoms with Crippen LogP contribution >= 0.6 is 12.4 Å². The average Bonchev–Trinajstić information content (AvgIpc) is 2.44. The van der Waals surface area contributed by atoms with Crippen LogP contribution in [0.15, 0.2) is 0 Å². The van der Waals surface area contributed by atoms with Crippen LogP contribution in [0.3, 0.4) is 0 Å². The fourth-order valence-corrected chi connectivity index (χ4v) is 2.32. The molecule has 1 spiro atoms. The first-order valence-electron chi connectivity index (χ1n) is 4.23. The molecule has 2 aliphatic rings. The van der Waals surface area contributed by atoms with E-state index in [1.165, 1.54) is 0 Å². The van der Waals surface area contributed by atoms with Crippen LogP contribution in [-0.2, 0) is 4.79 Å². The van der Waals surface area contributed by atoms with Gasteiger partial charge in [0, 0.05) is 19.0 Å². The Morgan fingerprint density at radius 2 is 2.33 bits per heavy atom. The summed E-state index contributed by atoms with van der Waals surface area (Å²) in [6.45, 7) is 0.861. The van der Waals surface area contributed by atoms with Crippen LogP contribution in [0.2, 0.25) is 0 Å². The fraction of sp³-hybridized carbons (Fsp3) is 0.875. The Morgan fingerprint density at radius 3 is 2.75 bits per heavy atom. The highest BCUT2D eigenvalue weighted by atomic mass is 35.5. The second-order valence-corrected chi connectivity index (χ2v) is 3.96. The lowest BCUT2D eigenvalue weighted by molar-refractivity contribution is -0.119. The van der Waals surface area contributed by atoms with Crippen molar-refractivity contribution in [2.45, 2.75) is 31.7 Å². The van der Waals surface area contributed by atoms with Crippen molar-refractivity contribution in [1.82, 2.24) is 5.32 Å². The van der Waals surface area contributed by atoms with Crippen molar-refractivity contribution in [2.24, 2.45) is 11.1 Å². The summed E-state index contributed by atoms with van der Waals surface area (Å²) in [5.41, 5.74) is 6.04. The SMILES string of the molecule is Cl.NC1CCC2(CNC(=O)C2)C1. The maximum absolute atomic E-state index is 11.0. The first-order valence-corrected chi connectivity index (χ1v) is 4.23. The summed E-state index contributed by atoms with van der Waals surface area (Å²) in [5.74, 6) is 0.208. The minimum atomic E-state index is 0. The summed E-state index contributed by atoms with van der Waals surface area (Å²) >= 11 is 0. The summed E-state index contributed by atoms with van der Waals surface area (Å²) in [5, 5.41) is 2.88. The first kappa shape index (κ1) is 9.81. The molecule has 2 unspecified atom stereocenters. The zero-order valence-electron chi connectivity index (χ0n) is 7.01. The molecule has 2 rings (SSSR count). The van der Waals surface area contributed by atoms with E-state index in [-0.39, 0.29) is 23.7 Å². The van der Waals surface area contributed by atoms with Crippen LogP contribution in [0.5, 0.6) is 0 Å². The zero-order chi connectivity index (χ0) is 7.90. The minimum absolute atomic E-state index is 0. The van der Waals surface area contributed by atoms with Gasteiger partial charge in [0.25, 0.3) is 0 Å². The molecule has 2 atom stereocenters. The predicted molar refractivity (Wildman–Crippen MR) is 49.1 cm³/mol. The molecule has 1 heterocycles. The van der Waals surface area contributed by atoms with Crippen LogP contribution in [0.4, 0.5) is 0 Å². The standard InChI is InChI=1S/C8H14N2O.ClH/c9-6-1-2-8(3-6)4-7(11)10-5-8;/h6H,1-5,9H2,(H,10,11);1H. The number of rotatable bonds is 0. The van der Waals surface area contributed by atoms with Gasteiger partial charge in [-0.05, 0) is 24.7 Å². The second kappa shape index (κ2) is 3.23. The number of nitrogens with two attached hydrogens (primary N) is 1. The Kier molecular flexibility index (Phi) is 2.64. The predicted octanol–water partition coefficient (Wildman–Crippen LogP) is 0.426. The van der Waals surface area contributed by atoms with Gasteiger partial charge in [-0.3, -0.25) is 4.79 Å². The molecule has 1 aliphatic heterocycles. The van der Waals surface area contributed by atoms with Gasteiger partial charge in [0.2, 0.25) is 5.91 Å². The molecule has 1 saturated carbocycles. The third-order valence-corrected chi connectivity index (χ3v) is 2.94. The summed E-state index contributed by atoms with van der Waals surface area (Å²) < 4.78 is 0. The van der Waals surface area contributed by atoms with Crippen LogP contribution in [-0.4, -0.2) is 18.5 Å². The van der Waals surface area contributed by atoms with E-state index in [0.717, 1.165) is 25.8 Å². The third kappa shape index (κ3) is 1.57. The van der Waals surface area contributed by atoms with Gasteiger partial charge in [-0.2, -0.15) is 0 Å². The molecule has 0 aromatic heterocycles. The van der Waals surface area contributed by atoms with Crippen LogP contribution in [0, 0.1) is 5.41 Å². The maximum atomic E-state index is 11.0. The Labute approximate surface area is 78.5 Å². The van der Waals surface area contributed by atoms with Crippen molar-refractivity contribution in [3.8, 4) is 0 Å². The maximum Gasteiger partial charge on any atom is 0.220 e. The molecule has 0 bridgehead atoms. The van der Waals surface area contributed by atoms with E-state index >= 15 is 0 Å². The molecule has 70 valence electrons. The highest BCUT2D eigenvalue weighted by Crippen LogP contribution is 2.42. The fourth-order valence-electron chi connectivity index (χ4n) is 2.32. The average molecular weight is 191 g/mol. The Hall–Kier alpha value is -0.280. The Bertz CT molecular complexity index is 197. The van der Waals surface area contributed by atoms with E-state index in [1.807, 2.05) is 0 Å². The zero-order valence-corrected chi connectivity index (χ0v) is 7.82. The van der Waals surface area contributed by atoms with Crippen LogP contribution < -0.4 is 11.1 Å². The molecule has 1 aliphatic carbocycles. The van der Waals surface area contributed by atoms with E-state index in [4.69, 9.17) is 5.73 Å². The van der Waals surface area contributed by atoms with E-state index in [1.54, 1.807) is 0 Å². The summed E-state index contributed by atoms with van der Waals surface area (Å²) in [7, 11) is 0. The number of hydrogen-bond donors (Lipinski definition) is 2. The van der Waals surface area contributed by atoms with Crippen molar-refractivity contribution in [3.63, 3.8) is 0 Å². The molecule has 3 N–H and O–H groups in total. The minimum Gasteiger partial charge on any atom is -0.356 e. The molecule has 0 aromatic carbocycles. The normalized spacial score (nSPS) is 39.8. The Morgan fingerprint density at radius 1 is 1.58 bits per heavy atom. The van der Waals surface area contributed by atoms with Gasteiger partial charge in [0.15, 0.2) is 0 Å². The van der Waals surface area contributed by atoms with Crippen molar-refractivity contribution < 1.29 is 4.79 Å². The number of amides is 1. The van der Waals surface area contributed by atoms with Crippen molar-refractivity contribution in [1.29, 1.82) is 0 Å². The molecule has 12 heavy (non-hydrogen) atoms. The van der Waals surface area contributed by atoms with Crippen molar-refractivity contribution >= 4 is 18.3 Å². The molecule has 1 amide bonds. The largest absolute Gasteiger partial charge is 0.356 e. The van der Waals surface area contributed by atoms with E-state index < -0.39 is 0 Å². The van der Waals surface area contributed by atoms with Crippen molar-refractivity contribution in [2.75, 3.05) is 6.54 Å². The summed E-state index contributed by atoms with van der Waals surface area (Å²) in [6.07, 6.45) is 3.97. The second-order valence-electron chi connectivity index (χ2n) is 3.96. The molecule has 0 aromatic rings. The smallest absolute Gasteiger partial charge is 0.220 e. The molecular weight excluding hydrogens is 176 g/mol. The quantitative estimate of drug-likeness (QED) is 0.582. The van der Waals surface area contributed by atoms with E-state index in [0.29, 0.717) is 12.5 Å². The van der Waals surface area contributed by atoms with Crippen LogP contribution in [0.1, 0.15) is 25.7 Å². The third-order valence-electron chi connectivity index (χ3n) is 2.94. The number of carbonyl (C=O) groups is 1. The topological polar surface area (TPSA) is 55.1 Å². The lowest BCUT2D eigenvalue weighted by Gasteiger charge is -2.19. The monoisotopic (exact) mass is 190 g/mol. The van der Waals surface area contributed by atoms with E-state index in [9.17, 15) is 4.79 Å². The van der Waals surface area contributed by atoms with Gasteiger partial charge in [-0.15, -0.1) is 12.4 Å². The molecule has 2 fully saturated rings. The molecular formula is C8H15ClN2O. The van der Waals surface area contributed by atoms with Crippen LogP contribution in [0.25, 0.3) is 0 Å². The van der Waals surface area contributed by atoms with E-state index in [2.05, 4.69) is 5.32 Å². The lowest BCUT2D eigenvalue weighted by atomic mass is 9.85. The number of nitrogens with one attached hydrogen (secondary N) is 1. The van der Waals surface area contributed by atoms with Gasteiger partial charge in [-0.1, -0.05) is 0 Å².